The Morgan fingerprint density at radius 3 is 2.17 bits per heavy atom. The van der Waals surface area contributed by atoms with Gasteiger partial charge in [0.25, 0.3) is 10.0 Å². The number of carbonyl (C=O) groups excluding carboxylic acids is 2. The van der Waals surface area contributed by atoms with Crippen molar-refractivity contribution in [2.45, 2.75) is 63.1 Å². The van der Waals surface area contributed by atoms with Crippen molar-refractivity contribution < 1.29 is 27.1 Å². The number of benzene rings is 3. The summed E-state index contributed by atoms with van der Waals surface area (Å²) in [6.45, 7) is 2.97. The van der Waals surface area contributed by atoms with Gasteiger partial charge in [0.1, 0.15) is 24.2 Å². The number of rotatable bonds is 11. The van der Waals surface area contributed by atoms with E-state index in [0.29, 0.717) is 17.0 Å². The van der Waals surface area contributed by atoms with Crippen LogP contribution in [0.2, 0.25) is 0 Å². The molecule has 0 bridgehead atoms. The highest BCUT2D eigenvalue weighted by Crippen LogP contribution is 2.26. The summed E-state index contributed by atoms with van der Waals surface area (Å²) >= 11 is 0. The Kier molecular flexibility index (Phi) is 9.65. The molecule has 1 atom stereocenters. The van der Waals surface area contributed by atoms with Crippen molar-refractivity contribution >= 4 is 27.5 Å². The van der Waals surface area contributed by atoms with Gasteiger partial charge in [0.2, 0.25) is 11.8 Å². The summed E-state index contributed by atoms with van der Waals surface area (Å²) in [6, 6.07) is 17.6. The average molecular weight is 582 g/mol. The fraction of sp³-hybridized carbons (Fsp3) is 0.355. The smallest absolute Gasteiger partial charge is 0.264 e. The van der Waals surface area contributed by atoms with Crippen molar-refractivity contribution in [3.63, 3.8) is 0 Å². The zero-order valence-corrected chi connectivity index (χ0v) is 24.4. The quantitative estimate of drug-likeness (QED) is 0.351. The van der Waals surface area contributed by atoms with Crippen LogP contribution in [-0.4, -0.2) is 50.9 Å². The van der Waals surface area contributed by atoms with E-state index >= 15 is 0 Å². The fourth-order valence-corrected chi connectivity index (χ4v) is 6.29. The Bertz CT molecular complexity index is 1440. The molecule has 1 saturated carbocycles. The first kappa shape index (κ1) is 30.0. The number of methoxy groups -OCH3 is 1. The predicted octanol–water partition coefficient (Wildman–Crippen LogP) is 4.81. The molecule has 3 aromatic rings. The Labute approximate surface area is 241 Å². The van der Waals surface area contributed by atoms with Gasteiger partial charge in [0, 0.05) is 12.6 Å². The molecule has 1 fully saturated rings. The van der Waals surface area contributed by atoms with Crippen LogP contribution in [0.5, 0.6) is 5.75 Å². The molecule has 10 heteroatoms. The van der Waals surface area contributed by atoms with Gasteiger partial charge in [-0.15, -0.1) is 0 Å². The topological polar surface area (TPSA) is 96.0 Å². The van der Waals surface area contributed by atoms with E-state index in [-0.39, 0.29) is 23.4 Å². The van der Waals surface area contributed by atoms with Gasteiger partial charge < -0.3 is 15.0 Å². The minimum absolute atomic E-state index is 0.00267. The van der Waals surface area contributed by atoms with Crippen LogP contribution in [-0.2, 0) is 26.2 Å². The maximum absolute atomic E-state index is 14.0. The molecule has 0 spiro atoms. The zero-order valence-electron chi connectivity index (χ0n) is 23.5. The summed E-state index contributed by atoms with van der Waals surface area (Å²) in [5.41, 5.74) is 1.85. The summed E-state index contributed by atoms with van der Waals surface area (Å²) < 4.78 is 47.6. The lowest BCUT2D eigenvalue weighted by Crippen LogP contribution is -2.52. The van der Waals surface area contributed by atoms with Gasteiger partial charge in [-0.25, -0.2) is 12.8 Å². The van der Waals surface area contributed by atoms with Gasteiger partial charge in [0.05, 0.1) is 17.7 Å². The predicted molar refractivity (Wildman–Crippen MR) is 156 cm³/mol. The number of sulfonamides is 1. The molecule has 0 aliphatic heterocycles. The van der Waals surface area contributed by atoms with Crippen LogP contribution in [0.15, 0.2) is 77.7 Å². The number of halogens is 1. The zero-order chi connectivity index (χ0) is 29.6. The molecule has 1 aliphatic carbocycles. The summed E-state index contributed by atoms with van der Waals surface area (Å²) in [6.07, 6.45) is 3.83. The molecule has 8 nitrogen and oxygen atoms in total. The number of hydrogen-bond donors (Lipinski definition) is 1. The SMILES string of the molecule is COc1ccc(S(=O)(=O)N(CC(=O)N(Cc2ccc(F)cc2)C(C)C(=O)NC2CCCC2)c2ccc(C)cc2)cc1. The second kappa shape index (κ2) is 13.2. The molecular formula is C31H36FN3O5S. The monoisotopic (exact) mass is 581 g/mol. The average Bonchev–Trinajstić information content (AvgIpc) is 3.48. The molecule has 41 heavy (non-hydrogen) atoms. The van der Waals surface area contributed by atoms with Crippen molar-refractivity contribution in [1.29, 1.82) is 0 Å². The van der Waals surface area contributed by atoms with Crippen molar-refractivity contribution in [3.8, 4) is 5.75 Å². The number of ether oxygens (including phenoxy) is 1. The minimum atomic E-state index is -4.18. The fourth-order valence-electron chi connectivity index (χ4n) is 4.88. The van der Waals surface area contributed by atoms with E-state index in [1.807, 2.05) is 6.92 Å². The Morgan fingerprint density at radius 2 is 1.59 bits per heavy atom. The van der Waals surface area contributed by atoms with Crippen molar-refractivity contribution in [2.75, 3.05) is 18.0 Å². The van der Waals surface area contributed by atoms with E-state index in [1.165, 1.54) is 48.4 Å². The van der Waals surface area contributed by atoms with E-state index in [0.717, 1.165) is 35.6 Å². The number of anilines is 1. The van der Waals surface area contributed by atoms with Crippen LogP contribution in [0.1, 0.15) is 43.7 Å². The second-order valence-electron chi connectivity index (χ2n) is 10.3. The Hall–Kier alpha value is -3.92. The van der Waals surface area contributed by atoms with Crippen LogP contribution in [0.4, 0.5) is 10.1 Å². The molecule has 0 radical (unpaired) electrons. The normalized spacial score (nSPS) is 14.3. The molecule has 1 aliphatic rings. The van der Waals surface area contributed by atoms with Crippen LogP contribution < -0.4 is 14.4 Å². The second-order valence-corrected chi connectivity index (χ2v) is 12.2. The van der Waals surface area contributed by atoms with E-state index in [9.17, 15) is 22.4 Å². The molecule has 218 valence electrons. The first-order chi connectivity index (χ1) is 19.6. The number of aryl methyl sites for hydroxylation is 1. The van der Waals surface area contributed by atoms with Crippen LogP contribution in [0.3, 0.4) is 0 Å². The Balaban J connectivity index is 1.67. The van der Waals surface area contributed by atoms with Gasteiger partial charge in [-0.3, -0.25) is 13.9 Å². The molecule has 0 heterocycles. The van der Waals surface area contributed by atoms with E-state index in [4.69, 9.17) is 4.74 Å². The summed E-state index contributed by atoms with van der Waals surface area (Å²) in [7, 11) is -2.70. The highest BCUT2D eigenvalue weighted by Gasteiger charge is 2.33. The highest BCUT2D eigenvalue weighted by atomic mass is 32.2. The van der Waals surface area contributed by atoms with Crippen molar-refractivity contribution in [1.82, 2.24) is 10.2 Å². The molecule has 0 saturated heterocycles. The third-order valence-electron chi connectivity index (χ3n) is 7.38. The molecule has 1 unspecified atom stereocenters. The first-order valence-corrected chi connectivity index (χ1v) is 15.1. The summed E-state index contributed by atoms with van der Waals surface area (Å²) in [5, 5.41) is 3.03. The lowest BCUT2D eigenvalue weighted by atomic mass is 10.1. The van der Waals surface area contributed by atoms with Gasteiger partial charge in [-0.2, -0.15) is 0 Å². The standard InChI is InChI=1S/C31H36FN3O5S/c1-22-8-14-27(15-9-22)35(41(38,39)29-18-16-28(40-3)17-19-29)21-30(36)34(20-24-10-12-25(32)13-11-24)23(2)31(37)33-26-6-4-5-7-26/h8-19,23,26H,4-7,20-21H2,1-3H3,(H,33,37). The lowest BCUT2D eigenvalue weighted by Gasteiger charge is -2.32. The minimum Gasteiger partial charge on any atom is -0.497 e. The van der Waals surface area contributed by atoms with Gasteiger partial charge >= 0.3 is 0 Å². The molecule has 4 rings (SSSR count). The largest absolute Gasteiger partial charge is 0.497 e. The maximum Gasteiger partial charge on any atom is 0.264 e. The van der Waals surface area contributed by atoms with Crippen molar-refractivity contribution in [3.05, 3.63) is 89.7 Å². The number of amides is 2. The third kappa shape index (κ3) is 7.43. The number of nitrogens with zero attached hydrogens (tertiary/aromatic N) is 2. The van der Waals surface area contributed by atoms with Crippen LogP contribution >= 0.6 is 0 Å². The van der Waals surface area contributed by atoms with Gasteiger partial charge in [0.15, 0.2) is 0 Å². The van der Waals surface area contributed by atoms with Gasteiger partial charge in [-0.05, 0) is 80.8 Å². The number of hydrogen-bond acceptors (Lipinski definition) is 5. The molecular weight excluding hydrogens is 545 g/mol. The lowest BCUT2D eigenvalue weighted by molar-refractivity contribution is -0.139. The third-order valence-corrected chi connectivity index (χ3v) is 9.17. The number of carbonyl (C=O) groups is 2. The first-order valence-electron chi connectivity index (χ1n) is 13.7. The van der Waals surface area contributed by atoms with E-state index in [2.05, 4.69) is 5.32 Å². The van der Waals surface area contributed by atoms with Crippen molar-refractivity contribution in [2.24, 2.45) is 0 Å². The number of nitrogens with one attached hydrogen (secondary N) is 1. The van der Waals surface area contributed by atoms with Crippen LogP contribution in [0, 0.1) is 12.7 Å². The van der Waals surface area contributed by atoms with E-state index < -0.39 is 34.3 Å². The highest BCUT2D eigenvalue weighted by molar-refractivity contribution is 7.92. The maximum atomic E-state index is 14.0. The van der Waals surface area contributed by atoms with Gasteiger partial charge in [-0.1, -0.05) is 42.7 Å². The van der Waals surface area contributed by atoms with E-state index in [1.54, 1.807) is 43.3 Å². The van der Waals surface area contributed by atoms with Crippen LogP contribution in [0.25, 0.3) is 0 Å². The summed E-state index contributed by atoms with van der Waals surface area (Å²) in [4.78, 5) is 28.6. The Morgan fingerprint density at radius 1 is 0.976 bits per heavy atom. The molecule has 0 aromatic heterocycles. The summed E-state index contributed by atoms with van der Waals surface area (Å²) in [5.74, 6) is -0.808. The molecule has 2 amide bonds. The molecule has 3 aromatic carbocycles. The molecule has 1 N–H and O–H groups in total.